The van der Waals surface area contributed by atoms with Gasteiger partial charge < -0.3 is 9.32 Å². The number of ketones is 1. The molecule has 100 valence electrons. The van der Waals surface area contributed by atoms with Crippen LogP contribution >= 0.6 is 15.9 Å². The summed E-state index contributed by atoms with van der Waals surface area (Å²) >= 11 is 3.44. The fraction of sp³-hybridized carbons (Fsp3) is 0.267. The normalized spacial score (nSPS) is 10.5. The minimum atomic E-state index is 0.0602. The average Bonchev–Trinajstić information content (AvgIpc) is 2.74. The van der Waals surface area contributed by atoms with E-state index in [9.17, 15) is 4.79 Å². The molecule has 2 rings (SSSR count). The van der Waals surface area contributed by atoms with E-state index in [2.05, 4.69) is 15.9 Å². The van der Waals surface area contributed by atoms with Crippen LogP contribution in [0.3, 0.4) is 0 Å². The minimum Gasteiger partial charge on any atom is -0.464 e. The van der Waals surface area contributed by atoms with E-state index in [-0.39, 0.29) is 5.78 Å². The lowest BCUT2D eigenvalue weighted by molar-refractivity contribution is 0.101. The molecule has 0 radical (unpaired) electrons. The second-order valence-electron chi connectivity index (χ2n) is 4.59. The molecule has 0 atom stereocenters. The number of nitrogens with zero attached hydrogens (tertiary/aromatic N) is 1. The largest absolute Gasteiger partial charge is 0.464 e. The van der Waals surface area contributed by atoms with E-state index < -0.39 is 0 Å². The van der Waals surface area contributed by atoms with Gasteiger partial charge in [-0.15, -0.1) is 0 Å². The van der Waals surface area contributed by atoms with Crippen molar-refractivity contribution in [1.82, 2.24) is 0 Å². The van der Waals surface area contributed by atoms with E-state index in [1.807, 2.05) is 49.2 Å². The van der Waals surface area contributed by atoms with Gasteiger partial charge in [-0.05, 0) is 44.2 Å². The minimum absolute atomic E-state index is 0.0602. The number of carbonyl (C=O) groups excluding carboxylic acids is 1. The second-order valence-corrected chi connectivity index (χ2v) is 5.50. The smallest absolute Gasteiger partial charge is 0.161 e. The van der Waals surface area contributed by atoms with E-state index in [0.29, 0.717) is 12.1 Å². The molecule has 0 aliphatic rings. The molecule has 0 saturated carbocycles. The first-order valence-corrected chi connectivity index (χ1v) is 6.83. The number of rotatable bonds is 4. The van der Waals surface area contributed by atoms with E-state index in [0.717, 1.165) is 21.7 Å². The average molecular weight is 322 g/mol. The molecule has 0 fully saturated rings. The highest BCUT2D eigenvalue weighted by atomic mass is 79.9. The Morgan fingerprint density at radius 2 is 2.05 bits per heavy atom. The van der Waals surface area contributed by atoms with Gasteiger partial charge in [0.1, 0.15) is 11.5 Å². The van der Waals surface area contributed by atoms with Crippen LogP contribution in [0.25, 0.3) is 0 Å². The van der Waals surface area contributed by atoms with Crippen LogP contribution in [0.2, 0.25) is 0 Å². The van der Waals surface area contributed by atoms with E-state index >= 15 is 0 Å². The van der Waals surface area contributed by atoms with Crippen molar-refractivity contribution in [2.45, 2.75) is 20.4 Å². The Bertz CT molecular complexity index is 604. The third kappa shape index (κ3) is 3.26. The van der Waals surface area contributed by atoms with Crippen molar-refractivity contribution in [1.29, 1.82) is 0 Å². The maximum atomic E-state index is 11.7. The van der Waals surface area contributed by atoms with Crippen LogP contribution in [0.5, 0.6) is 0 Å². The number of anilines is 1. The summed E-state index contributed by atoms with van der Waals surface area (Å²) in [6, 6.07) is 9.57. The summed E-state index contributed by atoms with van der Waals surface area (Å²) in [6.07, 6.45) is 0. The van der Waals surface area contributed by atoms with Crippen molar-refractivity contribution in [3.05, 3.63) is 51.9 Å². The van der Waals surface area contributed by atoms with Gasteiger partial charge in [0, 0.05) is 22.8 Å². The lowest BCUT2D eigenvalue weighted by Crippen LogP contribution is -2.18. The molecule has 0 N–H and O–H groups in total. The predicted molar refractivity (Wildman–Crippen MR) is 79.7 cm³/mol. The van der Waals surface area contributed by atoms with Crippen molar-refractivity contribution in [3.8, 4) is 0 Å². The number of aryl methyl sites for hydroxylation is 1. The van der Waals surface area contributed by atoms with Crippen molar-refractivity contribution in [2.24, 2.45) is 0 Å². The molecule has 0 bridgehead atoms. The summed E-state index contributed by atoms with van der Waals surface area (Å²) in [4.78, 5) is 13.7. The molecule has 0 unspecified atom stereocenters. The molecular formula is C15H16BrNO2. The molecule has 3 nitrogen and oxygen atoms in total. The molecule has 0 aliphatic heterocycles. The summed E-state index contributed by atoms with van der Waals surface area (Å²) in [7, 11) is 1.95. The zero-order valence-electron chi connectivity index (χ0n) is 11.2. The topological polar surface area (TPSA) is 33.5 Å². The van der Waals surface area contributed by atoms with Crippen LogP contribution in [0, 0.1) is 6.92 Å². The van der Waals surface area contributed by atoms with Crippen LogP contribution in [-0.2, 0) is 6.54 Å². The van der Waals surface area contributed by atoms with Crippen molar-refractivity contribution in [2.75, 3.05) is 11.9 Å². The highest BCUT2D eigenvalue weighted by molar-refractivity contribution is 9.10. The molecule has 0 saturated heterocycles. The zero-order valence-corrected chi connectivity index (χ0v) is 12.8. The fourth-order valence-electron chi connectivity index (χ4n) is 2.01. The van der Waals surface area contributed by atoms with Gasteiger partial charge in [-0.25, -0.2) is 0 Å². The van der Waals surface area contributed by atoms with Crippen molar-refractivity contribution >= 4 is 27.4 Å². The van der Waals surface area contributed by atoms with Crippen LogP contribution in [-0.4, -0.2) is 12.8 Å². The molecular weight excluding hydrogens is 306 g/mol. The molecule has 0 spiro atoms. The third-order valence-electron chi connectivity index (χ3n) is 2.94. The van der Waals surface area contributed by atoms with Gasteiger partial charge in [0.05, 0.1) is 6.54 Å². The molecule has 2 aromatic rings. The SMILES string of the molecule is CC(=O)c1ccc(Br)cc1N(C)Cc1ccc(C)o1. The lowest BCUT2D eigenvalue weighted by atomic mass is 10.1. The molecule has 0 amide bonds. The van der Waals surface area contributed by atoms with Gasteiger partial charge in [-0.1, -0.05) is 15.9 Å². The Morgan fingerprint density at radius 3 is 2.63 bits per heavy atom. The summed E-state index contributed by atoms with van der Waals surface area (Å²) in [5.74, 6) is 1.84. The third-order valence-corrected chi connectivity index (χ3v) is 3.43. The van der Waals surface area contributed by atoms with Crippen molar-refractivity contribution < 1.29 is 9.21 Å². The summed E-state index contributed by atoms with van der Waals surface area (Å²) in [5.41, 5.74) is 1.62. The number of hydrogen-bond acceptors (Lipinski definition) is 3. The lowest BCUT2D eigenvalue weighted by Gasteiger charge is -2.21. The van der Waals surface area contributed by atoms with Crippen LogP contribution < -0.4 is 4.90 Å². The summed E-state index contributed by atoms with van der Waals surface area (Å²) < 4.78 is 6.52. The molecule has 1 aromatic carbocycles. The molecule has 19 heavy (non-hydrogen) atoms. The Kier molecular flexibility index (Phi) is 4.10. The first-order valence-electron chi connectivity index (χ1n) is 6.04. The summed E-state index contributed by atoms with van der Waals surface area (Å²) in [6.45, 7) is 4.13. The van der Waals surface area contributed by atoms with Crippen LogP contribution in [0.15, 0.2) is 39.2 Å². The first-order chi connectivity index (χ1) is 8.97. The standard InChI is InChI=1S/C15H16BrNO2/c1-10-4-6-13(19-10)9-17(3)15-8-12(16)5-7-14(15)11(2)18/h4-8H,9H2,1-3H3. The number of furan rings is 1. The molecule has 0 aliphatic carbocycles. The van der Waals surface area contributed by atoms with Gasteiger partial charge in [-0.3, -0.25) is 4.79 Å². The number of hydrogen-bond donors (Lipinski definition) is 0. The maximum Gasteiger partial charge on any atom is 0.161 e. The second kappa shape index (κ2) is 5.61. The van der Waals surface area contributed by atoms with Gasteiger partial charge in [-0.2, -0.15) is 0 Å². The monoisotopic (exact) mass is 321 g/mol. The number of benzene rings is 1. The van der Waals surface area contributed by atoms with Gasteiger partial charge in [0.2, 0.25) is 0 Å². The Morgan fingerprint density at radius 1 is 1.32 bits per heavy atom. The van der Waals surface area contributed by atoms with Crippen LogP contribution in [0.1, 0.15) is 28.8 Å². The highest BCUT2D eigenvalue weighted by Crippen LogP contribution is 2.26. The Labute approximate surface area is 121 Å². The number of halogens is 1. The van der Waals surface area contributed by atoms with Crippen molar-refractivity contribution in [3.63, 3.8) is 0 Å². The highest BCUT2D eigenvalue weighted by Gasteiger charge is 2.13. The van der Waals surface area contributed by atoms with E-state index in [4.69, 9.17) is 4.42 Å². The van der Waals surface area contributed by atoms with Gasteiger partial charge >= 0.3 is 0 Å². The molecule has 1 heterocycles. The van der Waals surface area contributed by atoms with E-state index in [1.165, 1.54) is 0 Å². The number of carbonyl (C=O) groups is 1. The molecule has 1 aromatic heterocycles. The zero-order chi connectivity index (χ0) is 14.0. The van der Waals surface area contributed by atoms with Gasteiger partial charge in [0.15, 0.2) is 5.78 Å². The maximum absolute atomic E-state index is 11.7. The molecule has 4 heteroatoms. The summed E-state index contributed by atoms with van der Waals surface area (Å²) in [5, 5.41) is 0. The number of Topliss-reactive ketones (excluding diaryl/α,β-unsaturated/α-hetero) is 1. The quantitative estimate of drug-likeness (QED) is 0.792. The van der Waals surface area contributed by atoms with Gasteiger partial charge in [0.25, 0.3) is 0 Å². The first kappa shape index (κ1) is 13.9. The Balaban J connectivity index is 2.29. The van der Waals surface area contributed by atoms with Crippen LogP contribution in [0.4, 0.5) is 5.69 Å². The Hall–Kier alpha value is -1.55. The predicted octanol–water partition coefficient (Wildman–Crippen LogP) is 4.19. The fourth-order valence-corrected chi connectivity index (χ4v) is 2.36. The van der Waals surface area contributed by atoms with E-state index in [1.54, 1.807) is 6.92 Å².